The van der Waals surface area contributed by atoms with Crippen LogP contribution in [0.5, 0.6) is 5.75 Å². The molecule has 3 rings (SSSR count). The highest BCUT2D eigenvalue weighted by Gasteiger charge is 2.37. The zero-order valence-corrected chi connectivity index (χ0v) is 18.6. The zero-order chi connectivity index (χ0) is 23.8. The predicted octanol–water partition coefficient (Wildman–Crippen LogP) is 1.11. The number of nitrogens with zero attached hydrogens (tertiary/aromatic N) is 1. The number of nitrogens with two attached hydrogens (primary N) is 1. The molecule has 0 saturated heterocycles. The minimum absolute atomic E-state index is 0.0148. The smallest absolute Gasteiger partial charge is 0.305 e. The van der Waals surface area contributed by atoms with Crippen LogP contribution in [0.1, 0.15) is 39.9 Å². The molecule has 0 saturated carbocycles. The molecule has 0 aliphatic carbocycles. The molecule has 1 unspecified atom stereocenters. The van der Waals surface area contributed by atoms with Crippen molar-refractivity contribution in [2.24, 2.45) is 5.73 Å². The van der Waals surface area contributed by atoms with Crippen LogP contribution in [-0.4, -0.2) is 54.1 Å². The van der Waals surface area contributed by atoms with Crippen LogP contribution in [0.4, 0.5) is 0 Å². The van der Waals surface area contributed by atoms with Gasteiger partial charge in [-0.1, -0.05) is 30.3 Å². The van der Waals surface area contributed by atoms with Crippen molar-refractivity contribution in [1.29, 1.82) is 0 Å². The molecule has 2 amide bonds. The molecule has 9 nitrogen and oxygen atoms in total. The summed E-state index contributed by atoms with van der Waals surface area (Å²) in [5.74, 6) is -0.891. The standard InChI is InChI=1S/C24H29N3O6/c1-32-22(29)10-9-20(23(25)30)27-14-19-18(24(27)31)3-2-4-21(19)33-15-17-7-5-16(6-8-17)13-26-11-12-28/h2-8,20,26,28H,9-15H2,1H3,(H2,25,30). The number of nitrogens with one attached hydrogen (secondary N) is 1. The van der Waals surface area contributed by atoms with Gasteiger partial charge >= 0.3 is 5.97 Å². The number of benzene rings is 2. The second kappa shape index (κ2) is 11.4. The Morgan fingerprint density at radius 2 is 1.91 bits per heavy atom. The van der Waals surface area contributed by atoms with Gasteiger partial charge in [-0.3, -0.25) is 14.4 Å². The molecule has 176 valence electrons. The molecule has 1 aliphatic heterocycles. The van der Waals surface area contributed by atoms with E-state index in [4.69, 9.17) is 15.6 Å². The number of aliphatic hydroxyl groups excluding tert-OH is 1. The number of ether oxygens (including phenoxy) is 2. The van der Waals surface area contributed by atoms with Crippen molar-refractivity contribution in [3.63, 3.8) is 0 Å². The first-order valence-corrected chi connectivity index (χ1v) is 10.8. The Morgan fingerprint density at radius 3 is 2.58 bits per heavy atom. The van der Waals surface area contributed by atoms with Crippen LogP contribution in [0.15, 0.2) is 42.5 Å². The fourth-order valence-electron chi connectivity index (χ4n) is 3.75. The summed E-state index contributed by atoms with van der Waals surface area (Å²) in [4.78, 5) is 37.9. The Labute approximate surface area is 192 Å². The minimum Gasteiger partial charge on any atom is -0.489 e. The number of methoxy groups -OCH3 is 1. The fourth-order valence-corrected chi connectivity index (χ4v) is 3.75. The second-order valence-electron chi connectivity index (χ2n) is 7.75. The number of carbonyl (C=O) groups is 3. The zero-order valence-electron chi connectivity index (χ0n) is 18.6. The van der Waals surface area contributed by atoms with Gasteiger partial charge in [0.15, 0.2) is 0 Å². The van der Waals surface area contributed by atoms with Crippen LogP contribution in [0.2, 0.25) is 0 Å². The predicted molar refractivity (Wildman–Crippen MR) is 120 cm³/mol. The topological polar surface area (TPSA) is 131 Å². The average molecular weight is 456 g/mol. The summed E-state index contributed by atoms with van der Waals surface area (Å²) < 4.78 is 10.6. The molecule has 33 heavy (non-hydrogen) atoms. The number of hydrogen-bond acceptors (Lipinski definition) is 7. The first-order chi connectivity index (χ1) is 15.9. The molecular weight excluding hydrogens is 426 g/mol. The lowest BCUT2D eigenvalue weighted by molar-refractivity contribution is -0.141. The van der Waals surface area contributed by atoms with Crippen molar-refractivity contribution in [1.82, 2.24) is 10.2 Å². The van der Waals surface area contributed by atoms with Crippen LogP contribution in [0.25, 0.3) is 0 Å². The Kier molecular flexibility index (Phi) is 8.39. The van der Waals surface area contributed by atoms with Gasteiger partial charge in [-0.2, -0.15) is 0 Å². The number of primary amides is 1. The molecule has 1 aliphatic rings. The van der Waals surface area contributed by atoms with Gasteiger partial charge < -0.3 is 30.5 Å². The number of aliphatic hydroxyl groups is 1. The molecule has 0 fully saturated rings. The van der Waals surface area contributed by atoms with Gasteiger partial charge in [-0.25, -0.2) is 0 Å². The third-order valence-corrected chi connectivity index (χ3v) is 5.54. The fraction of sp³-hybridized carbons (Fsp3) is 0.375. The van der Waals surface area contributed by atoms with Crippen LogP contribution in [0, 0.1) is 0 Å². The van der Waals surface area contributed by atoms with E-state index in [1.165, 1.54) is 12.0 Å². The lowest BCUT2D eigenvalue weighted by atomic mass is 10.1. The number of fused-ring (bicyclic) bond motifs is 1. The molecule has 0 radical (unpaired) electrons. The van der Waals surface area contributed by atoms with Crippen molar-refractivity contribution in [2.75, 3.05) is 20.3 Å². The Hall–Kier alpha value is -3.43. The van der Waals surface area contributed by atoms with E-state index in [9.17, 15) is 14.4 Å². The van der Waals surface area contributed by atoms with Gasteiger partial charge in [0.1, 0.15) is 18.4 Å². The van der Waals surface area contributed by atoms with Gasteiger partial charge in [-0.15, -0.1) is 0 Å². The van der Waals surface area contributed by atoms with Crippen molar-refractivity contribution in [2.45, 2.75) is 38.6 Å². The van der Waals surface area contributed by atoms with E-state index < -0.39 is 17.9 Å². The summed E-state index contributed by atoms with van der Waals surface area (Å²) >= 11 is 0. The number of esters is 1. The van der Waals surface area contributed by atoms with Crippen molar-refractivity contribution in [3.8, 4) is 5.75 Å². The lowest BCUT2D eigenvalue weighted by Crippen LogP contribution is -2.45. The van der Waals surface area contributed by atoms with E-state index in [2.05, 4.69) is 10.1 Å². The van der Waals surface area contributed by atoms with E-state index in [-0.39, 0.29) is 31.9 Å². The summed E-state index contributed by atoms with van der Waals surface area (Å²) in [5.41, 5.74) is 8.74. The first kappa shape index (κ1) is 24.2. The molecule has 0 bridgehead atoms. The second-order valence-corrected chi connectivity index (χ2v) is 7.75. The summed E-state index contributed by atoms with van der Waals surface area (Å²) in [6, 6.07) is 12.2. The Bertz CT molecular complexity index is 992. The van der Waals surface area contributed by atoms with Gasteiger partial charge in [0.25, 0.3) is 5.91 Å². The molecular formula is C24H29N3O6. The van der Waals surface area contributed by atoms with Crippen LogP contribution >= 0.6 is 0 Å². The maximum atomic E-state index is 13.0. The van der Waals surface area contributed by atoms with E-state index in [0.717, 1.165) is 11.1 Å². The monoisotopic (exact) mass is 455 g/mol. The van der Waals surface area contributed by atoms with Crippen molar-refractivity contribution < 1.29 is 29.0 Å². The van der Waals surface area contributed by atoms with E-state index in [0.29, 0.717) is 36.6 Å². The van der Waals surface area contributed by atoms with E-state index in [1.807, 2.05) is 24.3 Å². The molecule has 0 aromatic heterocycles. The maximum Gasteiger partial charge on any atom is 0.305 e. The van der Waals surface area contributed by atoms with E-state index in [1.54, 1.807) is 18.2 Å². The van der Waals surface area contributed by atoms with Gasteiger partial charge in [0.2, 0.25) is 5.91 Å². The SMILES string of the molecule is COC(=O)CCC(C(N)=O)N1Cc2c(OCc3ccc(CNCCO)cc3)cccc2C1=O. The Balaban J connectivity index is 1.67. The molecule has 4 N–H and O–H groups in total. The number of carbonyl (C=O) groups excluding carboxylic acids is 3. The van der Waals surface area contributed by atoms with Crippen molar-refractivity contribution >= 4 is 17.8 Å². The molecule has 2 aromatic rings. The molecule has 1 atom stereocenters. The third kappa shape index (κ3) is 6.09. The summed E-state index contributed by atoms with van der Waals surface area (Å²) in [7, 11) is 1.27. The molecule has 2 aromatic carbocycles. The number of rotatable bonds is 12. The maximum absolute atomic E-state index is 13.0. The van der Waals surface area contributed by atoms with Gasteiger partial charge in [-0.05, 0) is 29.7 Å². The first-order valence-electron chi connectivity index (χ1n) is 10.8. The normalized spacial score (nSPS) is 13.5. The van der Waals surface area contributed by atoms with Crippen LogP contribution in [-0.2, 0) is 34.0 Å². The highest BCUT2D eigenvalue weighted by molar-refractivity contribution is 6.01. The van der Waals surface area contributed by atoms with Gasteiger partial charge in [0.05, 0.1) is 20.3 Å². The number of amides is 2. The lowest BCUT2D eigenvalue weighted by Gasteiger charge is -2.24. The van der Waals surface area contributed by atoms with Gasteiger partial charge in [0, 0.05) is 30.6 Å². The quantitative estimate of drug-likeness (QED) is 0.323. The average Bonchev–Trinajstić information content (AvgIpc) is 3.15. The summed E-state index contributed by atoms with van der Waals surface area (Å²) in [6.45, 7) is 1.80. The highest BCUT2D eigenvalue weighted by atomic mass is 16.5. The number of hydrogen-bond donors (Lipinski definition) is 3. The Morgan fingerprint density at radius 1 is 1.18 bits per heavy atom. The molecule has 0 spiro atoms. The summed E-state index contributed by atoms with van der Waals surface area (Å²) in [6.07, 6.45) is 0.0799. The molecule has 9 heteroatoms. The van der Waals surface area contributed by atoms with Crippen molar-refractivity contribution in [3.05, 3.63) is 64.7 Å². The molecule has 1 heterocycles. The van der Waals surface area contributed by atoms with Crippen LogP contribution in [0.3, 0.4) is 0 Å². The van der Waals surface area contributed by atoms with Crippen LogP contribution < -0.4 is 15.8 Å². The summed E-state index contributed by atoms with van der Waals surface area (Å²) in [5, 5.41) is 12.0. The largest absolute Gasteiger partial charge is 0.489 e. The highest BCUT2D eigenvalue weighted by Crippen LogP contribution is 2.33. The van der Waals surface area contributed by atoms with E-state index >= 15 is 0 Å². The third-order valence-electron chi connectivity index (χ3n) is 5.54. The minimum atomic E-state index is -0.913.